The van der Waals surface area contributed by atoms with Crippen molar-refractivity contribution < 1.29 is 72.2 Å². The molecule has 0 N–H and O–H groups in total. The first kappa shape index (κ1) is 16.1. The number of benzene rings is 3. The second kappa shape index (κ2) is 6.24. The van der Waals surface area contributed by atoms with Crippen molar-refractivity contribution in [3.63, 3.8) is 0 Å². The second-order valence-electron chi connectivity index (χ2n) is 4.46. The second-order valence-corrected chi connectivity index (χ2v) is 6.04. The Bertz CT molecular complexity index is 878. The van der Waals surface area contributed by atoms with Crippen molar-refractivity contribution in [3.05, 3.63) is 54.6 Å². The van der Waals surface area contributed by atoms with Gasteiger partial charge in [-0.3, -0.25) is 0 Å². The standard InChI is InChI=1S/C15H12O3S.Rb.H/c1-19(16,17)18-15-8-4-7-13-9-11-5-2-3-6-12(11)10-14(13)15;;/h2-10H,1H3;;/q;+1;-1. The first-order valence-corrected chi connectivity index (χ1v) is 7.65. The fraction of sp³-hybridized carbons (Fsp3) is 0.0667. The maximum absolute atomic E-state index is 11.3. The fourth-order valence-electron chi connectivity index (χ4n) is 2.17. The monoisotopic (exact) mass is 358 g/mol. The van der Waals surface area contributed by atoms with Crippen molar-refractivity contribution in [3.8, 4) is 5.75 Å². The van der Waals surface area contributed by atoms with E-state index in [4.69, 9.17) is 4.18 Å². The minimum Gasteiger partial charge on any atom is -1.00 e. The Morgan fingerprint density at radius 3 is 2.15 bits per heavy atom. The molecule has 0 atom stereocenters. The first-order valence-electron chi connectivity index (χ1n) is 5.84. The third-order valence-corrected chi connectivity index (χ3v) is 3.43. The van der Waals surface area contributed by atoms with Gasteiger partial charge in [-0.15, -0.1) is 0 Å². The molecule has 0 heterocycles. The van der Waals surface area contributed by atoms with Crippen molar-refractivity contribution in [2.75, 3.05) is 6.26 Å². The van der Waals surface area contributed by atoms with Gasteiger partial charge in [0.1, 0.15) is 5.75 Å². The molecule has 0 saturated heterocycles. The van der Waals surface area contributed by atoms with Crippen LogP contribution in [-0.4, -0.2) is 14.7 Å². The van der Waals surface area contributed by atoms with Gasteiger partial charge >= 0.3 is 68.3 Å². The molecule has 0 aromatic heterocycles. The predicted molar refractivity (Wildman–Crippen MR) is 78.0 cm³/mol. The van der Waals surface area contributed by atoms with Gasteiger partial charge in [0.2, 0.25) is 0 Å². The van der Waals surface area contributed by atoms with E-state index in [1.165, 1.54) is 0 Å². The van der Waals surface area contributed by atoms with Crippen LogP contribution >= 0.6 is 0 Å². The van der Waals surface area contributed by atoms with Crippen LogP contribution in [0, 0.1) is 0 Å². The summed E-state index contributed by atoms with van der Waals surface area (Å²) in [5, 5.41) is 3.93. The smallest absolute Gasteiger partial charge is 1.00 e. The summed E-state index contributed by atoms with van der Waals surface area (Å²) in [6.45, 7) is 0. The van der Waals surface area contributed by atoms with Crippen LogP contribution in [0.1, 0.15) is 1.43 Å². The van der Waals surface area contributed by atoms with E-state index < -0.39 is 10.1 Å². The fourth-order valence-corrected chi connectivity index (χ4v) is 2.65. The van der Waals surface area contributed by atoms with Crippen molar-refractivity contribution >= 4 is 31.7 Å². The van der Waals surface area contributed by atoms with E-state index >= 15 is 0 Å². The maximum atomic E-state index is 11.3. The SMILES string of the molecule is CS(=O)(=O)Oc1cccc2cc3ccccc3cc12.[H-].[Rb+]. The molecule has 0 aliphatic carbocycles. The van der Waals surface area contributed by atoms with Crippen LogP contribution in [0.2, 0.25) is 0 Å². The molecule has 0 aliphatic heterocycles. The Hall–Kier alpha value is -0.265. The average Bonchev–Trinajstić information content (AvgIpc) is 2.35. The molecule has 0 bridgehead atoms. The zero-order chi connectivity index (χ0) is 13.5. The predicted octanol–water partition coefficient (Wildman–Crippen LogP) is 0.448. The van der Waals surface area contributed by atoms with E-state index in [-0.39, 0.29) is 59.6 Å². The molecule has 0 amide bonds. The number of hydrogen-bond acceptors (Lipinski definition) is 3. The Kier molecular flexibility index (Phi) is 5.03. The molecule has 0 radical (unpaired) electrons. The number of rotatable bonds is 2. The van der Waals surface area contributed by atoms with Gasteiger partial charge in [0.25, 0.3) is 0 Å². The van der Waals surface area contributed by atoms with Crippen molar-refractivity contribution in [2.24, 2.45) is 0 Å². The van der Waals surface area contributed by atoms with Crippen LogP contribution in [0.4, 0.5) is 0 Å². The average molecular weight is 359 g/mol. The van der Waals surface area contributed by atoms with Crippen LogP contribution in [-0.2, 0) is 10.1 Å². The molecule has 0 aliphatic rings. The van der Waals surface area contributed by atoms with Gasteiger partial charge in [-0.05, 0) is 34.4 Å². The first-order chi connectivity index (χ1) is 9.03. The molecule has 0 spiro atoms. The van der Waals surface area contributed by atoms with Gasteiger partial charge in [-0.25, -0.2) is 0 Å². The molecule has 20 heavy (non-hydrogen) atoms. The Balaban J connectivity index is 0.00000110. The zero-order valence-corrected chi connectivity index (χ0v) is 17.1. The topological polar surface area (TPSA) is 43.4 Å². The summed E-state index contributed by atoms with van der Waals surface area (Å²) in [5.74, 6) is 0.366. The summed E-state index contributed by atoms with van der Waals surface area (Å²) >= 11 is 0. The van der Waals surface area contributed by atoms with E-state index in [9.17, 15) is 8.42 Å². The van der Waals surface area contributed by atoms with E-state index in [1.54, 1.807) is 12.1 Å². The van der Waals surface area contributed by atoms with Crippen molar-refractivity contribution in [2.45, 2.75) is 0 Å². The third-order valence-electron chi connectivity index (χ3n) is 2.95. The van der Waals surface area contributed by atoms with Gasteiger partial charge in [0.15, 0.2) is 0 Å². The summed E-state index contributed by atoms with van der Waals surface area (Å²) < 4.78 is 27.6. The summed E-state index contributed by atoms with van der Waals surface area (Å²) in [4.78, 5) is 0. The molecule has 3 nitrogen and oxygen atoms in total. The maximum Gasteiger partial charge on any atom is 1.00 e. The van der Waals surface area contributed by atoms with Gasteiger partial charge < -0.3 is 5.61 Å². The largest absolute Gasteiger partial charge is 1.00 e. The Morgan fingerprint density at radius 2 is 1.50 bits per heavy atom. The van der Waals surface area contributed by atoms with Crippen LogP contribution in [0.3, 0.4) is 0 Å². The van der Waals surface area contributed by atoms with Gasteiger partial charge in [-0.2, -0.15) is 8.42 Å². The van der Waals surface area contributed by atoms with Crippen LogP contribution in [0.25, 0.3) is 21.5 Å². The van der Waals surface area contributed by atoms with Gasteiger partial charge in [0, 0.05) is 5.39 Å². The summed E-state index contributed by atoms with van der Waals surface area (Å²) in [5.41, 5.74) is 0. The molecule has 3 aromatic carbocycles. The molecule has 0 fully saturated rings. The molecule has 98 valence electrons. The Labute approximate surface area is 168 Å². The number of hydrogen-bond donors (Lipinski definition) is 0. The Morgan fingerprint density at radius 1 is 0.900 bits per heavy atom. The van der Waals surface area contributed by atoms with Crippen LogP contribution < -0.4 is 62.4 Å². The molecule has 3 rings (SSSR count). The van der Waals surface area contributed by atoms with E-state index in [0.717, 1.165) is 27.8 Å². The third kappa shape index (κ3) is 3.49. The summed E-state index contributed by atoms with van der Waals surface area (Å²) in [7, 11) is -3.52. The van der Waals surface area contributed by atoms with Gasteiger partial charge in [0.05, 0.1) is 6.26 Å². The minimum atomic E-state index is -3.52. The molecule has 0 saturated carbocycles. The molecule has 5 heteroatoms. The summed E-state index contributed by atoms with van der Waals surface area (Å²) in [6.07, 6.45) is 1.05. The molecule has 0 unspecified atom stereocenters. The minimum absolute atomic E-state index is 0. The molecular formula is C15H13O3RbS. The van der Waals surface area contributed by atoms with Crippen LogP contribution in [0.15, 0.2) is 54.6 Å². The van der Waals surface area contributed by atoms with E-state index in [0.29, 0.717) is 5.75 Å². The zero-order valence-electron chi connectivity index (χ0n) is 12.3. The van der Waals surface area contributed by atoms with Crippen molar-refractivity contribution in [1.82, 2.24) is 0 Å². The quantitative estimate of drug-likeness (QED) is 0.493. The van der Waals surface area contributed by atoms with Gasteiger partial charge in [-0.1, -0.05) is 36.4 Å². The molecule has 3 aromatic rings. The normalized spacial score (nSPS) is 11.2. The van der Waals surface area contributed by atoms with E-state index in [1.807, 2.05) is 42.5 Å². The van der Waals surface area contributed by atoms with Crippen molar-refractivity contribution in [1.29, 1.82) is 0 Å². The molecular weight excluding hydrogens is 346 g/mol. The van der Waals surface area contributed by atoms with Crippen LogP contribution in [0.5, 0.6) is 5.75 Å². The van der Waals surface area contributed by atoms with E-state index in [2.05, 4.69) is 0 Å². The summed E-state index contributed by atoms with van der Waals surface area (Å²) in [6, 6.07) is 17.3. The number of fused-ring (bicyclic) bond motifs is 2.